The minimum absolute atomic E-state index is 0.0538. The molecule has 1 saturated heterocycles. The highest BCUT2D eigenvalue weighted by Gasteiger charge is 2.30. The topological polar surface area (TPSA) is 44.4 Å². The number of anilines is 2. The SMILES string of the molecule is CCNC1C(=O)Nc2cc(N(C)C3CCSC3)ccc21. The molecule has 1 aromatic rings. The van der Waals surface area contributed by atoms with E-state index in [4.69, 9.17) is 0 Å². The van der Waals surface area contributed by atoms with Gasteiger partial charge in [-0.1, -0.05) is 13.0 Å². The molecule has 4 nitrogen and oxygen atoms in total. The van der Waals surface area contributed by atoms with Gasteiger partial charge in [0.25, 0.3) is 0 Å². The fourth-order valence-corrected chi connectivity index (χ4v) is 4.18. The van der Waals surface area contributed by atoms with Gasteiger partial charge in [0.15, 0.2) is 0 Å². The number of benzene rings is 1. The van der Waals surface area contributed by atoms with Crippen LogP contribution in [0.4, 0.5) is 11.4 Å². The third kappa shape index (κ3) is 2.40. The normalized spacial score (nSPS) is 24.6. The zero-order valence-electron chi connectivity index (χ0n) is 12.0. The summed E-state index contributed by atoms with van der Waals surface area (Å²) in [5.41, 5.74) is 3.21. The van der Waals surface area contributed by atoms with Crippen molar-refractivity contribution >= 4 is 29.0 Å². The van der Waals surface area contributed by atoms with Crippen LogP contribution in [0.1, 0.15) is 24.9 Å². The van der Waals surface area contributed by atoms with Gasteiger partial charge in [-0.15, -0.1) is 0 Å². The highest BCUT2D eigenvalue weighted by Crippen LogP contribution is 2.35. The van der Waals surface area contributed by atoms with Crippen LogP contribution >= 0.6 is 11.8 Å². The van der Waals surface area contributed by atoms with Gasteiger partial charge >= 0.3 is 0 Å². The maximum atomic E-state index is 12.0. The zero-order valence-corrected chi connectivity index (χ0v) is 12.8. The number of likely N-dealkylation sites (N-methyl/N-ethyl adjacent to an activating group) is 1. The molecule has 2 aliphatic rings. The van der Waals surface area contributed by atoms with Crippen LogP contribution in [0.3, 0.4) is 0 Å². The summed E-state index contributed by atoms with van der Waals surface area (Å²) < 4.78 is 0. The summed E-state index contributed by atoms with van der Waals surface area (Å²) in [6, 6.07) is 6.73. The molecule has 20 heavy (non-hydrogen) atoms. The molecule has 0 bridgehead atoms. The molecule has 5 heteroatoms. The van der Waals surface area contributed by atoms with E-state index in [9.17, 15) is 4.79 Å². The van der Waals surface area contributed by atoms with Crippen LogP contribution < -0.4 is 15.5 Å². The van der Waals surface area contributed by atoms with Crippen molar-refractivity contribution < 1.29 is 4.79 Å². The van der Waals surface area contributed by atoms with Crippen LogP contribution in [-0.2, 0) is 4.79 Å². The smallest absolute Gasteiger partial charge is 0.246 e. The van der Waals surface area contributed by atoms with Gasteiger partial charge in [0.2, 0.25) is 5.91 Å². The number of rotatable bonds is 4. The molecular weight excluding hydrogens is 270 g/mol. The molecule has 2 unspecified atom stereocenters. The number of hydrogen-bond acceptors (Lipinski definition) is 4. The van der Waals surface area contributed by atoms with E-state index in [1.54, 1.807) is 0 Å². The molecule has 108 valence electrons. The van der Waals surface area contributed by atoms with Gasteiger partial charge in [-0.05, 0) is 30.9 Å². The standard InChI is InChI=1S/C15H21N3OS/c1-3-16-14-12-5-4-10(8-13(12)17-15(14)19)18(2)11-6-7-20-9-11/h4-5,8,11,14,16H,3,6-7,9H2,1-2H3,(H,17,19). The molecule has 2 aliphatic heterocycles. The first-order chi connectivity index (χ1) is 9.70. The summed E-state index contributed by atoms with van der Waals surface area (Å²) in [4.78, 5) is 14.3. The average Bonchev–Trinajstić information content (AvgIpc) is 3.07. The van der Waals surface area contributed by atoms with Crippen LogP contribution in [-0.4, -0.2) is 37.0 Å². The molecule has 0 aliphatic carbocycles. The van der Waals surface area contributed by atoms with E-state index in [1.165, 1.54) is 23.6 Å². The minimum atomic E-state index is -0.198. The van der Waals surface area contributed by atoms with E-state index in [1.807, 2.05) is 18.7 Å². The molecule has 2 atom stereocenters. The number of thioether (sulfide) groups is 1. The van der Waals surface area contributed by atoms with Crippen LogP contribution in [0.15, 0.2) is 18.2 Å². The second kappa shape index (κ2) is 5.66. The molecular formula is C15H21N3OS. The van der Waals surface area contributed by atoms with Crippen molar-refractivity contribution in [2.24, 2.45) is 0 Å². The lowest BCUT2D eigenvalue weighted by atomic mass is 10.1. The number of fused-ring (bicyclic) bond motifs is 1. The molecule has 1 aromatic carbocycles. The van der Waals surface area contributed by atoms with Crippen molar-refractivity contribution in [1.29, 1.82) is 0 Å². The second-order valence-electron chi connectivity index (χ2n) is 5.38. The van der Waals surface area contributed by atoms with Gasteiger partial charge in [0, 0.05) is 35.8 Å². The van der Waals surface area contributed by atoms with Gasteiger partial charge in [-0.3, -0.25) is 4.79 Å². The summed E-state index contributed by atoms with van der Waals surface area (Å²) in [5, 5.41) is 6.21. The summed E-state index contributed by atoms with van der Waals surface area (Å²) in [7, 11) is 2.15. The van der Waals surface area contributed by atoms with Gasteiger partial charge in [-0.25, -0.2) is 0 Å². The molecule has 3 rings (SSSR count). The predicted octanol–water partition coefficient (Wildman–Crippen LogP) is 2.23. The quantitative estimate of drug-likeness (QED) is 0.893. The molecule has 1 fully saturated rings. The van der Waals surface area contributed by atoms with E-state index >= 15 is 0 Å². The molecule has 0 saturated carbocycles. The number of nitrogens with zero attached hydrogens (tertiary/aromatic N) is 1. The van der Waals surface area contributed by atoms with Crippen molar-refractivity contribution in [1.82, 2.24) is 5.32 Å². The Hall–Kier alpha value is -1.20. The summed E-state index contributed by atoms with van der Waals surface area (Å²) in [5.74, 6) is 2.50. The number of nitrogens with one attached hydrogen (secondary N) is 2. The minimum Gasteiger partial charge on any atom is -0.371 e. The Morgan fingerprint density at radius 1 is 1.50 bits per heavy atom. The van der Waals surface area contributed by atoms with Crippen molar-refractivity contribution in [3.63, 3.8) is 0 Å². The number of hydrogen-bond donors (Lipinski definition) is 2. The first-order valence-electron chi connectivity index (χ1n) is 7.19. The zero-order chi connectivity index (χ0) is 14.1. The first kappa shape index (κ1) is 13.8. The molecule has 2 heterocycles. The molecule has 0 radical (unpaired) electrons. The maximum Gasteiger partial charge on any atom is 0.246 e. The van der Waals surface area contributed by atoms with Gasteiger partial charge in [0.05, 0.1) is 0 Å². The molecule has 0 aromatic heterocycles. The van der Waals surface area contributed by atoms with Crippen molar-refractivity contribution in [2.45, 2.75) is 25.4 Å². The lowest BCUT2D eigenvalue weighted by Crippen LogP contribution is -2.31. The monoisotopic (exact) mass is 291 g/mol. The second-order valence-corrected chi connectivity index (χ2v) is 6.53. The molecule has 2 N–H and O–H groups in total. The van der Waals surface area contributed by atoms with Crippen LogP contribution in [0.25, 0.3) is 0 Å². The summed E-state index contributed by atoms with van der Waals surface area (Å²) >= 11 is 2.02. The van der Waals surface area contributed by atoms with E-state index in [2.05, 4.69) is 40.8 Å². The van der Waals surface area contributed by atoms with Crippen molar-refractivity contribution in [2.75, 3.05) is 35.3 Å². The molecule has 1 amide bonds. The number of carbonyl (C=O) groups excluding carboxylic acids is 1. The van der Waals surface area contributed by atoms with E-state index in [0.717, 1.165) is 17.8 Å². The lowest BCUT2D eigenvalue weighted by Gasteiger charge is -2.26. The third-order valence-electron chi connectivity index (χ3n) is 4.14. The highest BCUT2D eigenvalue weighted by atomic mass is 32.2. The highest BCUT2D eigenvalue weighted by molar-refractivity contribution is 7.99. The Morgan fingerprint density at radius 3 is 3.05 bits per heavy atom. The summed E-state index contributed by atoms with van der Waals surface area (Å²) in [6.07, 6.45) is 1.24. The van der Waals surface area contributed by atoms with Gasteiger partial charge < -0.3 is 15.5 Å². The largest absolute Gasteiger partial charge is 0.371 e. The van der Waals surface area contributed by atoms with E-state index < -0.39 is 0 Å². The Balaban J connectivity index is 1.83. The van der Waals surface area contributed by atoms with Crippen molar-refractivity contribution in [3.8, 4) is 0 Å². The molecule has 0 spiro atoms. The fourth-order valence-electron chi connectivity index (χ4n) is 2.91. The number of carbonyl (C=O) groups is 1. The van der Waals surface area contributed by atoms with E-state index in [0.29, 0.717) is 6.04 Å². The Kier molecular flexibility index (Phi) is 3.89. The van der Waals surface area contributed by atoms with Crippen LogP contribution in [0.2, 0.25) is 0 Å². The average molecular weight is 291 g/mol. The van der Waals surface area contributed by atoms with Crippen LogP contribution in [0.5, 0.6) is 0 Å². The fraction of sp³-hybridized carbons (Fsp3) is 0.533. The Bertz CT molecular complexity index is 514. The summed E-state index contributed by atoms with van der Waals surface area (Å²) in [6.45, 7) is 2.81. The third-order valence-corrected chi connectivity index (χ3v) is 5.28. The lowest BCUT2D eigenvalue weighted by molar-refractivity contribution is -0.117. The first-order valence-corrected chi connectivity index (χ1v) is 8.35. The van der Waals surface area contributed by atoms with Gasteiger partial charge in [-0.2, -0.15) is 11.8 Å². The van der Waals surface area contributed by atoms with Crippen molar-refractivity contribution in [3.05, 3.63) is 23.8 Å². The predicted molar refractivity (Wildman–Crippen MR) is 85.6 cm³/mol. The van der Waals surface area contributed by atoms with Gasteiger partial charge in [0.1, 0.15) is 6.04 Å². The van der Waals surface area contributed by atoms with Crippen LogP contribution in [0, 0.1) is 0 Å². The number of amides is 1. The van der Waals surface area contributed by atoms with E-state index in [-0.39, 0.29) is 11.9 Å². The Labute approximate surface area is 124 Å². The maximum absolute atomic E-state index is 12.0. The Morgan fingerprint density at radius 2 is 2.35 bits per heavy atom.